The molecule has 1 N–H and O–H groups in total. The van der Waals surface area contributed by atoms with E-state index in [1.165, 1.54) is 30.8 Å². The third-order valence-corrected chi connectivity index (χ3v) is 3.43. The molecular formula is C14H22N2. The number of para-hydroxylation sites is 1. The first-order valence-electron chi connectivity index (χ1n) is 6.38. The molecule has 0 radical (unpaired) electrons. The average molecular weight is 218 g/mol. The summed E-state index contributed by atoms with van der Waals surface area (Å²) in [6.07, 6.45) is 1.31. The van der Waals surface area contributed by atoms with Crippen LogP contribution in [0, 0.1) is 5.92 Å². The summed E-state index contributed by atoms with van der Waals surface area (Å²) in [6, 6.07) is 8.76. The van der Waals surface area contributed by atoms with E-state index in [0.717, 1.165) is 19.0 Å². The second kappa shape index (κ2) is 5.35. The van der Waals surface area contributed by atoms with Crippen LogP contribution in [0.2, 0.25) is 0 Å². The van der Waals surface area contributed by atoms with Gasteiger partial charge in [0.1, 0.15) is 0 Å². The van der Waals surface area contributed by atoms with Crippen molar-refractivity contribution in [2.24, 2.45) is 5.92 Å². The lowest BCUT2D eigenvalue weighted by Crippen LogP contribution is -2.46. The maximum absolute atomic E-state index is 3.41. The van der Waals surface area contributed by atoms with Gasteiger partial charge in [-0.05, 0) is 30.5 Å². The molecule has 16 heavy (non-hydrogen) atoms. The van der Waals surface area contributed by atoms with Crippen molar-refractivity contribution in [1.82, 2.24) is 5.32 Å². The van der Waals surface area contributed by atoms with E-state index in [9.17, 15) is 0 Å². The monoisotopic (exact) mass is 218 g/mol. The fraction of sp³-hybridized carbons (Fsp3) is 0.571. The summed E-state index contributed by atoms with van der Waals surface area (Å²) in [4.78, 5) is 2.50. The second-order valence-corrected chi connectivity index (χ2v) is 4.59. The number of nitrogens with zero attached hydrogens (tertiary/aromatic N) is 1. The molecule has 1 saturated heterocycles. The number of hydrogen-bond donors (Lipinski definition) is 1. The quantitative estimate of drug-likeness (QED) is 0.817. The van der Waals surface area contributed by atoms with Gasteiger partial charge in [-0.15, -0.1) is 0 Å². The molecule has 0 unspecified atom stereocenters. The molecule has 1 aromatic rings. The highest BCUT2D eigenvalue weighted by Gasteiger charge is 2.26. The van der Waals surface area contributed by atoms with Gasteiger partial charge in [0.05, 0.1) is 0 Å². The summed E-state index contributed by atoms with van der Waals surface area (Å²) < 4.78 is 0. The molecule has 1 heterocycles. The van der Waals surface area contributed by atoms with Crippen LogP contribution in [-0.4, -0.2) is 19.6 Å². The zero-order valence-electron chi connectivity index (χ0n) is 10.4. The largest absolute Gasteiger partial charge is 0.371 e. The molecule has 1 aromatic carbocycles. The van der Waals surface area contributed by atoms with E-state index in [-0.39, 0.29) is 0 Å². The van der Waals surface area contributed by atoms with Crippen molar-refractivity contribution in [2.45, 2.75) is 26.8 Å². The Hall–Kier alpha value is -1.02. The highest BCUT2D eigenvalue weighted by molar-refractivity contribution is 5.55. The van der Waals surface area contributed by atoms with E-state index < -0.39 is 0 Å². The van der Waals surface area contributed by atoms with Crippen LogP contribution in [0.1, 0.15) is 25.8 Å². The normalized spacial score (nSPS) is 16.2. The van der Waals surface area contributed by atoms with Crippen LogP contribution in [0.25, 0.3) is 0 Å². The van der Waals surface area contributed by atoms with Crippen LogP contribution < -0.4 is 10.2 Å². The summed E-state index contributed by atoms with van der Waals surface area (Å²) >= 11 is 0. The fourth-order valence-corrected chi connectivity index (χ4v) is 2.25. The standard InChI is InChI=1S/C14H22N2/c1-3-12-10-16(11-12)14-8-6-5-7-13(14)9-15-4-2/h5-8,12,15H,3-4,9-11H2,1-2H3. The van der Waals surface area contributed by atoms with E-state index in [2.05, 4.69) is 48.3 Å². The second-order valence-electron chi connectivity index (χ2n) is 4.59. The molecule has 1 aliphatic heterocycles. The molecule has 0 aromatic heterocycles. The smallest absolute Gasteiger partial charge is 0.0412 e. The van der Waals surface area contributed by atoms with Crippen molar-refractivity contribution in [3.8, 4) is 0 Å². The fourth-order valence-electron chi connectivity index (χ4n) is 2.25. The number of anilines is 1. The Bertz CT molecular complexity index is 329. The predicted molar refractivity (Wildman–Crippen MR) is 69.8 cm³/mol. The minimum absolute atomic E-state index is 0.909. The summed E-state index contributed by atoms with van der Waals surface area (Å²) in [5, 5.41) is 3.41. The minimum Gasteiger partial charge on any atom is -0.371 e. The van der Waals surface area contributed by atoms with Gasteiger partial charge in [-0.1, -0.05) is 32.0 Å². The molecule has 0 bridgehead atoms. The van der Waals surface area contributed by atoms with Gasteiger partial charge in [0.2, 0.25) is 0 Å². The lowest BCUT2D eigenvalue weighted by atomic mass is 9.95. The first-order valence-corrected chi connectivity index (χ1v) is 6.38. The molecule has 1 fully saturated rings. The minimum atomic E-state index is 0.909. The van der Waals surface area contributed by atoms with Crippen LogP contribution >= 0.6 is 0 Å². The molecule has 0 spiro atoms. The van der Waals surface area contributed by atoms with Gasteiger partial charge in [-0.25, -0.2) is 0 Å². The Morgan fingerprint density at radius 1 is 1.25 bits per heavy atom. The zero-order valence-corrected chi connectivity index (χ0v) is 10.4. The van der Waals surface area contributed by atoms with Gasteiger partial charge < -0.3 is 10.2 Å². The van der Waals surface area contributed by atoms with Gasteiger partial charge in [0.25, 0.3) is 0 Å². The summed E-state index contributed by atoms with van der Waals surface area (Å²) in [5.41, 5.74) is 2.85. The van der Waals surface area contributed by atoms with E-state index in [1.54, 1.807) is 0 Å². The van der Waals surface area contributed by atoms with Crippen LogP contribution in [0.4, 0.5) is 5.69 Å². The lowest BCUT2D eigenvalue weighted by molar-refractivity contribution is 0.398. The van der Waals surface area contributed by atoms with Crippen molar-refractivity contribution in [1.29, 1.82) is 0 Å². The molecule has 1 aliphatic rings. The van der Waals surface area contributed by atoms with Gasteiger partial charge in [-0.2, -0.15) is 0 Å². The van der Waals surface area contributed by atoms with Crippen LogP contribution in [0.15, 0.2) is 24.3 Å². The number of nitrogens with one attached hydrogen (secondary N) is 1. The molecule has 88 valence electrons. The van der Waals surface area contributed by atoms with Crippen molar-refractivity contribution in [3.05, 3.63) is 29.8 Å². The van der Waals surface area contributed by atoms with Crippen molar-refractivity contribution in [2.75, 3.05) is 24.5 Å². The van der Waals surface area contributed by atoms with Crippen molar-refractivity contribution >= 4 is 5.69 Å². The van der Waals surface area contributed by atoms with Crippen LogP contribution in [0.3, 0.4) is 0 Å². The highest BCUT2D eigenvalue weighted by atomic mass is 15.2. The third kappa shape index (κ3) is 2.38. The molecule has 2 nitrogen and oxygen atoms in total. The van der Waals surface area contributed by atoms with Crippen molar-refractivity contribution < 1.29 is 0 Å². The molecule has 0 saturated carbocycles. The Balaban J connectivity index is 2.03. The lowest BCUT2D eigenvalue weighted by Gasteiger charge is -2.41. The molecule has 2 rings (SSSR count). The number of hydrogen-bond acceptors (Lipinski definition) is 2. The third-order valence-electron chi connectivity index (χ3n) is 3.43. The van der Waals surface area contributed by atoms with E-state index >= 15 is 0 Å². The molecular weight excluding hydrogens is 196 g/mol. The summed E-state index contributed by atoms with van der Waals surface area (Å²) in [5.74, 6) is 0.909. The number of benzene rings is 1. The van der Waals surface area contributed by atoms with E-state index in [4.69, 9.17) is 0 Å². The Morgan fingerprint density at radius 3 is 2.69 bits per heavy atom. The molecule has 2 heteroatoms. The topological polar surface area (TPSA) is 15.3 Å². The number of rotatable bonds is 5. The van der Waals surface area contributed by atoms with Gasteiger partial charge in [0.15, 0.2) is 0 Å². The van der Waals surface area contributed by atoms with Gasteiger partial charge in [0, 0.05) is 25.3 Å². The SMILES string of the molecule is CCNCc1ccccc1N1CC(CC)C1. The first kappa shape index (κ1) is 11.5. The first-order chi connectivity index (χ1) is 7.85. The van der Waals surface area contributed by atoms with E-state index in [1.807, 2.05) is 0 Å². The van der Waals surface area contributed by atoms with Crippen LogP contribution in [0.5, 0.6) is 0 Å². The average Bonchev–Trinajstić information content (AvgIpc) is 2.26. The Morgan fingerprint density at radius 2 is 2.00 bits per heavy atom. The zero-order chi connectivity index (χ0) is 11.4. The van der Waals surface area contributed by atoms with Gasteiger partial charge >= 0.3 is 0 Å². The molecule has 0 atom stereocenters. The summed E-state index contributed by atoms with van der Waals surface area (Å²) in [7, 11) is 0. The van der Waals surface area contributed by atoms with E-state index in [0.29, 0.717) is 0 Å². The Kier molecular flexibility index (Phi) is 3.83. The highest BCUT2D eigenvalue weighted by Crippen LogP contribution is 2.29. The Labute approximate surface area is 98.7 Å². The molecule has 0 aliphatic carbocycles. The van der Waals surface area contributed by atoms with Gasteiger partial charge in [-0.3, -0.25) is 0 Å². The maximum Gasteiger partial charge on any atom is 0.0412 e. The predicted octanol–water partition coefficient (Wildman–Crippen LogP) is 2.64. The molecule has 0 amide bonds. The van der Waals surface area contributed by atoms with Crippen LogP contribution in [-0.2, 0) is 6.54 Å². The summed E-state index contributed by atoms with van der Waals surface area (Å²) in [6.45, 7) is 8.93. The van der Waals surface area contributed by atoms with Crippen molar-refractivity contribution in [3.63, 3.8) is 0 Å². The maximum atomic E-state index is 3.41.